The largest absolute Gasteiger partial charge is 0.368 e. The number of amides is 3. The lowest BCUT2D eigenvalue weighted by Gasteiger charge is -2.39. The van der Waals surface area contributed by atoms with Gasteiger partial charge < -0.3 is 29.9 Å². The van der Waals surface area contributed by atoms with Crippen LogP contribution in [0.25, 0.3) is 10.9 Å². The van der Waals surface area contributed by atoms with Crippen LogP contribution >= 0.6 is 11.6 Å². The van der Waals surface area contributed by atoms with E-state index in [2.05, 4.69) is 52.4 Å². The van der Waals surface area contributed by atoms with Gasteiger partial charge in [0.15, 0.2) is 0 Å². The third-order valence-electron chi connectivity index (χ3n) is 8.56. The lowest BCUT2D eigenvalue weighted by molar-refractivity contribution is -0.120. The number of fused-ring (bicyclic) bond motifs is 2. The van der Waals surface area contributed by atoms with Crippen LogP contribution < -0.4 is 15.1 Å². The Hall–Kier alpha value is -4.01. The van der Waals surface area contributed by atoms with Crippen LogP contribution in [0.15, 0.2) is 79.0 Å². The van der Waals surface area contributed by atoms with Gasteiger partial charge in [-0.2, -0.15) is 0 Å². The monoisotopic (exact) mass is 598 g/mol. The number of para-hydroxylation sites is 2. The van der Waals surface area contributed by atoms with Crippen LogP contribution in [0.1, 0.15) is 11.1 Å². The van der Waals surface area contributed by atoms with Crippen molar-refractivity contribution in [3.63, 3.8) is 0 Å². The first-order chi connectivity index (χ1) is 20.9. The number of piperazine rings is 1. The van der Waals surface area contributed by atoms with Gasteiger partial charge in [0, 0.05) is 79.2 Å². The van der Waals surface area contributed by atoms with Crippen molar-refractivity contribution in [3.05, 3.63) is 95.1 Å². The molecule has 3 aromatic carbocycles. The highest BCUT2D eigenvalue weighted by molar-refractivity contribution is 6.31. The molecule has 2 aliphatic rings. The van der Waals surface area contributed by atoms with Gasteiger partial charge in [0.1, 0.15) is 6.04 Å². The molecule has 0 saturated carbocycles. The maximum atomic E-state index is 14.5. The highest BCUT2D eigenvalue weighted by atomic mass is 35.5. The quantitative estimate of drug-likeness (QED) is 0.313. The van der Waals surface area contributed by atoms with E-state index in [1.807, 2.05) is 70.6 Å². The third kappa shape index (κ3) is 6.50. The number of carbonyl (C=O) groups is 2. The van der Waals surface area contributed by atoms with Crippen molar-refractivity contribution in [2.24, 2.45) is 5.92 Å². The maximum Gasteiger partial charge on any atom is 0.318 e. The van der Waals surface area contributed by atoms with Gasteiger partial charge in [0.05, 0.1) is 0 Å². The molecular weight excluding hydrogens is 560 g/mol. The summed E-state index contributed by atoms with van der Waals surface area (Å²) in [7, 11) is 4.11. The number of halogens is 1. The summed E-state index contributed by atoms with van der Waals surface area (Å²) in [4.78, 5) is 39.7. The van der Waals surface area contributed by atoms with Crippen LogP contribution in [0, 0.1) is 5.92 Å². The van der Waals surface area contributed by atoms with E-state index in [0.29, 0.717) is 31.1 Å². The van der Waals surface area contributed by atoms with Crippen molar-refractivity contribution in [1.82, 2.24) is 20.1 Å². The number of H-pyrrole nitrogens is 1. The first-order valence-electron chi connectivity index (χ1n) is 15.0. The second-order valence-electron chi connectivity index (χ2n) is 11.9. The predicted octanol–water partition coefficient (Wildman–Crippen LogP) is 5.03. The Bertz CT molecular complexity index is 1580. The van der Waals surface area contributed by atoms with Crippen molar-refractivity contribution in [1.29, 1.82) is 0 Å². The van der Waals surface area contributed by atoms with Crippen LogP contribution in [0.4, 0.5) is 16.2 Å². The smallest absolute Gasteiger partial charge is 0.318 e. The molecule has 2 atom stereocenters. The van der Waals surface area contributed by atoms with Crippen molar-refractivity contribution >= 4 is 45.8 Å². The Morgan fingerprint density at radius 3 is 2.51 bits per heavy atom. The van der Waals surface area contributed by atoms with E-state index < -0.39 is 6.04 Å². The first kappa shape index (κ1) is 29.1. The number of hydrogen-bond donors (Lipinski definition) is 2. The number of rotatable bonds is 7. The molecular formula is C34H39ClN6O2. The summed E-state index contributed by atoms with van der Waals surface area (Å²) in [6, 6.07) is 23.2. The van der Waals surface area contributed by atoms with Gasteiger partial charge in [-0.1, -0.05) is 54.1 Å². The van der Waals surface area contributed by atoms with Crippen LogP contribution in [-0.4, -0.2) is 86.1 Å². The van der Waals surface area contributed by atoms with Crippen LogP contribution in [0.5, 0.6) is 0 Å². The third-order valence-corrected chi connectivity index (χ3v) is 8.79. The van der Waals surface area contributed by atoms with E-state index in [1.54, 1.807) is 0 Å². The van der Waals surface area contributed by atoms with Crippen molar-refractivity contribution in [2.75, 3.05) is 63.2 Å². The van der Waals surface area contributed by atoms with Crippen LogP contribution in [0.3, 0.4) is 0 Å². The fourth-order valence-corrected chi connectivity index (χ4v) is 6.66. The van der Waals surface area contributed by atoms with Crippen LogP contribution in [-0.2, 0) is 17.6 Å². The lowest BCUT2D eigenvalue weighted by Crippen LogP contribution is -2.58. The fraction of sp³-hybridized carbons (Fsp3) is 0.353. The number of hydrogen-bond acceptors (Lipinski definition) is 4. The molecule has 1 saturated heterocycles. The average molecular weight is 599 g/mol. The lowest BCUT2D eigenvalue weighted by atomic mass is 9.91. The molecule has 3 amide bonds. The second-order valence-corrected chi connectivity index (χ2v) is 12.4. The van der Waals surface area contributed by atoms with Gasteiger partial charge in [0.25, 0.3) is 0 Å². The SMILES string of the molecule is CN(C)CC1Cc2ccc(Cl)cc2N(C(=O)C(Cc2c[nH]c3ccccc23)NC(=O)N2CCN(c3ccccc3)CC2)C1. The summed E-state index contributed by atoms with van der Waals surface area (Å²) in [5.74, 6) is 0.150. The summed E-state index contributed by atoms with van der Waals surface area (Å²) in [5.41, 5.74) is 5.10. The fourth-order valence-electron chi connectivity index (χ4n) is 6.50. The molecule has 2 unspecified atom stereocenters. The normalized spacial score (nSPS) is 17.7. The Morgan fingerprint density at radius 1 is 1.00 bits per heavy atom. The number of anilines is 2. The van der Waals surface area contributed by atoms with Gasteiger partial charge in [-0.3, -0.25) is 4.79 Å². The zero-order valence-corrected chi connectivity index (χ0v) is 25.6. The van der Waals surface area contributed by atoms with Gasteiger partial charge in [-0.05, 0) is 67.9 Å². The number of aromatic nitrogens is 1. The second kappa shape index (κ2) is 12.7. The number of carbonyl (C=O) groups excluding carboxylic acids is 2. The highest BCUT2D eigenvalue weighted by Gasteiger charge is 2.35. The van der Waals surface area contributed by atoms with Gasteiger partial charge >= 0.3 is 6.03 Å². The standard InChI is InChI=1S/C34H39ClN6O2/c1-38(2)22-24-18-25-12-13-27(35)20-32(25)41(23-24)33(42)31(19-26-21-36-30-11-7-6-10-29(26)30)37-34(43)40-16-14-39(15-17-40)28-8-4-3-5-9-28/h3-13,20-21,24,31,36H,14-19,22-23H2,1-2H3,(H,37,43). The van der Waals surface area contributed by atoms with E-state index in [-0.39, 0.29) is 17.9 Å². The van der Waals surface area contributed by atoms with Gasteiger partial charge in [0.2, 0.25) is 5.91 Å². The summed E-state index contributed by atoms with van der Waals surface area (Å²) < 4.78 is 0. The molecule has 2 aliphatic heterocycles. The summed E-state index contributed by atoms with van der Waals surface area (Å²) in [6.45, 7) is 4.08. The number of nitrogens with one attached hydrogen (secondary N) is 2. The van der Waals surface area contributed by atoms with Crippen LogP contribution in [0.2, 0.25) is 5.02 Å². The Balaban J connectivity index is 1.26. The van der Waals surface area contributed by atoms with E-state index in [1.165, 1.54) is 0 Å². The molecule has 3 heterocycles. The summed E-state index contributed by atoms with van der Waals surface area (Å²) >= 11 is 6.44. The molecule has 0 aliphatic carbocycles. The molecule has 1 fully saturated rings. The molecule has 0 bridgehead atoms. The summed E-state index contributed by atoms with van der Waals surface area (Å²) in [6.07, 6.45) is 3.20. The minimum atomic E-state index is -0.746. The van der Waals surface area contributed by atoms with E-state index in [9.17, 15) is 9.59 Å². The van der Waals surface area contributed by atoms with Gasteiger partial charge in [-0.25, -0.2) is 4.79 Å². The van der Waals surface area contributed by atoms with Crippen molar-refractivity contribution in [3.8, 4) is 0 Å². The zero-order valence-electron chi connectivity index (χ0n) is 24.8. The Kier molecular flexibility index (Phi) is 8.58. The average Bonchev–Trinajstić information content (AvgIpc) is 3.43. The number of nitrogens with zero attached hydrogens (tertiary/aromatic N) is 4. The Labute approximate surface area is 258 Å². The predicted molar refractivity (Wildman–Crippen MR) is 174 cm³/mol. The van der Waals surface area contributed by atoms with E-state index >= 15 is 0 Å². The Morgan fingerprint density at radius 2 is 1.74 bits per heavy atom. The van der Waals surface area contributed by atoms with E-state index in [4.69, 9.17) is 11.6 Å². The van der Waals surface area contributed by atoms with Crippen molar-refractivity contribution < 1.29 is 9.59 Å². The zero-order chi connectivity index (χ0) is 29.9. The number of benzene rings is 3. The molecule has 1 aromatic heterocycles. The highest BCUT2D eigenvalue weighted by Crippen LogP contribution is 2.33. The maximum absolute atomic E-state index is 14.5. The van der Waals surface area contributed by atoms with E-state index in [0.717, 1.165) is 59.5 Å². The topological polar surface area (TPSA) is 74.9 Å². The summed E-state index contributed by atoms with van der Waals surface area (Å²) in [5, 5.41) is 4.81. The van der Waals surface area contributed by atoms with Gasteiger partial charge in [-0.15, -0.1) is 0 Å². The molecule has 9 heteroatoms. The molecule has 224 valence electrons. The molecule has 43 heavy (non-hydrogen) atoms. The van der Waals surface area contributed by atoms with Crippen molar-refractivity contribution in [2.45, 2.75) is 18.9 Å². The molecule has 0 radical (unpaired) electrons. The number of urea groups is 1. The molecule has 2 N–H and O–H groups in total. The molecule has 8 nitrogen and oxygen atoms in total. The molecule has 4 aromatic rings. The molecule has 6 rings (SSSR count). The molecule has 0 spiro atoms. The minimum absolute atomic E-state index is 0.117. The first-order valence-corrected chi connectivity index (χ1v) is 15.4. The minimum Gasteiger partial charge on any atom is -0.368 e. The number of aromatic amines is 1.